The molecule has 0 aliphatic heterocycles. The number of nitrogens with zero attached hydrogens (tertiary/aromatic N) is 3. The van der Waals surface area contributed by atoms with Gasteiger partial charge in [-0.15, -0.1) is 0 Å². The van der Waals surface area contributed by atoms with Gasteiger partial charge >= 0.3 is 5.97 Å². The average molecular weight is 424 g/mol. The van der Waals surface area contributed by atoms with Crippen LogP contribution in [0, 0.1) is 0 Å². The number of benzene rings is 1. The minimum absolute atomic E-state index is 0.00186. The van der Waals surface area contributed by atoms with Gasteiger partial charge in [0.1, 0.15) is 11.4 Å². The molecule has 1 aromatic carbocycles. The normalized spacial score (nSPS) is 12.6. The predicted octanol–water partition coefficient (Wildman–Crippen LogP) is 4.12. The molecule has 0 aliphatic carbocycles. The molecule has 0 saturated carbocycles. The van der Waals surface area contributed by atoms with Crippen molar-refractivity contribution < 1.29 is 33.4 Å². The average Bonchev–Trinajstić information content (AvgIpc) is 2.88. The van der Waals surface area contributed by atoms with Crippen molar-refractivity contribution in [2.24, 2.45) is 12.2 Å². The number of aryl methyl sites for hydroxylation is 1. The van der Waals surface area contributed by atoms with Gasteiger partial charge in [-0.3, -0.25) is 0 Å². The Balaban J connectivity index is 2.47. The minimum Gasteiger partial charge on any atom is -0.479 e. The number of aliphatic carboxylic acids is 1. The summed E-state index contributed by atoms with van der Waals surface area (Å²) in [6, 6.07) is 2.45. The molecule has 8 nitrogen and oxygen atoms in total. The molecule has 1 aromatic heterocycles. The first-order chi connectivity index (χ1) is 12.6. The van der Waals surface area contributed by atoms with E-state index < -0.39 is 24.2 Å². The van der Waals surface area contributed by atoms with Crippen molar-refractivity contribution in [1.29, 1.82) is 0 Å². The molecule has 0 fully saturated rings. The first-order valence-corrected chi connectivity index (χ1v) is 8.00. The summed E-state index contributed by atoms with van der Waals surface area (Å²) in [5.41, 5.74) is -0.922. The number of aromatic nitrogens is 2. The van der Waals surface area contributed by atoms with Crippen molar-refractivity contribution in [3.63, 3.8) is 0 Å². The molecule has 2 aromatic rings. The van der Waals surface area contributed by atoms with E-state index in [2.05, 4.69) is 10.3 Å². The van der Waals surface area contributed by atoms with E-state index in [0.717, 1.165) is 10.9 Å². The largest absolute Gasteiger partial charge is 0.479 e. The zero-order valence-electron chi connectivity index (χ0n) is 13.9. The summed E-state index contributed by atoms with van der Waals surface area (Å²) in [4.78, 5) is 10.9. The van der Waals surface area contributed by atoms with Crippen LogP contribution in [-0.2, 0) is 11.8 Å². The Labute approximate surface area is 161 Å². The third-order valence-electron chi connectivity index (χ3n) is 3.30. The second-order valence-corrected chi connectivity index (χ2v) is 6.00. The Hall–Kier alpha value is -2.59. The molecule has 146 valence electrons. The molecule has 0 saturated heterocycles. The summed E-state index contributed by atoms with van der Waals surface area (Å²) >= 11 is 12.0. The maximum atomic E-state index is 13.1. The predicted molar refractivity (Wildman–Crippen MR) is 91.8 cm³/mol. The Bertz CT molecular complexity index is 889. The quantitative estimate of drug-likeness (QED) is 0.394. The Morgan fingerprint density at radius 2 is 1.96 bits per heavy atom. The van der Waals surface area contributed by atoms with Crippen molar-refractivity contribution in [2.75, 3.05) is 0 Å². The van der Waals surface area contributed by atoms with Gasteiger partial charge in [0.2, 0.25) is 5.88 Å². The Kier molecular flexibility index (Phi) is 6.45. The smallest absolute Gasteiger partial charge is 0.344 e. The van der Waals surface area contributed by atoms with Gasteiger partial charge in [0.25, 0.3) is 6.43 Å². The van der Waals surface area contributed by atoms with Crippen LogP contribution in [0.5, 0.6) is 17.4 Å². The van der Waals surface area contributed by atoms with Crippen LogP contribution in [0.3, 0.4) is 0 Å². The van der Waals surface area contributed by atoms with Crippen LogP contribution in [0.4, 0.5) is 8.78 Å². The topological polar surface area (TPSA) is 106 Å². The number of hydrogen-bond donors (Lipinski definition) is 2. The second kappa shape index (κ2) is 8.40. The lowest BCUT2D eigenvalue weighted by atomic mass is 10.2. The van der Waals surface area contributed by atoms with Gasteiger partial charge in [-0.1, -0.05) is 28.4 Å². The number of hydrogen-bond acceptors (Lipinski definition) is 6. The monoisotopic (exact) mass is 423 g/mol. The molecule has 1 atom stereocenters. The minimum atomic E-state index is -2.95. The Morgan fingerprint density at radius 3 is 2.52 bits per heavy atom. The molecule has 2 rings (SSSR count). The highest BCUT2D eigenvalue weighted by Crippen LogP contribution is 2.40. The summed E-state index contributed by atoms with van der Waals surface area (Å²) in [6.07, 6.45) is -3.41. The lowest BCUT2D eigenvalue weighted by Crippen LogP contribution is -2.23. The molecule has 27 heavy (non-hydrogen) atoms. The highest BCUT2D eigenvalue weighted by atomic mass is 35.5. The maximum Gasteiger partial charge on any atom is 0.344 e. The van der Waals surface area contributed by atoms with E-state index in [-0.39, 0.29) is 33.0 Å². The third-order valence-corrected chi connectivity index (χ3v) is 3.89. The van der Waals surface area contributed by atoms with Crippen molar-refractivity contribution in [3.8, 4) is 17.4 Å². The fraction of sp³-hybridized carbons (Fsp3) is 0.267. The van der Waals surface area contributed by atoms with Crippen molar-refractivity contribution in [3.05, 3.63) is 33.4 Å². The highest BCUT2D eigenvalue weighted by molar-refractivity contribution is 6.36. The molecule has 1 heterocycles. The van der Waals surface area contributed by atoms with Crippen molar-refractivity contribution in [1.82, 2.24) is 9.78 Å². The highest BCUT2D eigenvalue weighted by Gasteiger charge is 2.25. The molecular formula is C15H13Cl2F2N3O5. The van der Waals surface area contributed by atoms with Gasteiger partial charge < -0.3 is 19.8 Å². The summed E-state index contributed by atoms with van der Waals surface area (Å²) in [6.45, 7) is 1.29. The number of alkyl halides is 2. The van der Waals surface area contributed by atoms with Crippen LogP contribution in [-0.4, -0.2) is 38.4 Å². The van der Waals surface area contributed by atoms with Crippen LogP contribution < -0.4 is 9.47 Å². The van der Waals surface area contributed by atoms with Gasteiger partial charge in [0, 0.05) is 13.1 Å². The first-order valence-electron chi connectivity index (χ1n) is 7.24. The molecule has 12 heteroatoms. The lowest BCUT2D eigenvalue weighted by Gasteiger charge is -2.15. The molecule has 0 unspecified atom stereocenters. The molecule has 0 bridgehead atoms. The van der Waals surface area contributed by atoms with Crippen LogP contribution in [0.1, 0.15) is 24.6 Å². The number of halogens is 4. The zero-order valence-corrected chi connectivity index (χ0v) is 15.4. The van der Waals surface area contributed by atoms with E-state index in [1.807, 2.05) is 0 Å². The van der Waals surface area contributed by atoms with Crippen LogP contribution >= 0.6 is 23.2 Å². The SMILES string of the molecule is C[C@H](Oc1cc(Oc2c(C=NO)c(C(F)F)nn2C)c(Cl)cc1Cl)C(=O)O. The first kappa shape index (κ1) is 20.7. The van der Waals surface area contributed by atoms with E-state index in [1.54, 1.807) is 0 Å². The molecule has 0 spiro atoms. The van der Waals surface area contributed by atoms with Crippen LogP contribution in [0.15, 0.2) is 17.3 Å². The van der Waals surface area contributed by atoms with E-state index >= 15 is 0 Å². The summed E-state index contributed by atoms with van der Waals surface area (Å²) < 4.78 is 38.0. The van der Waals surface area contributed by atoms with Gasteiger partial charge in [0.15, 0.2) is 11.9 Å². The molecule has 0 aliphatic rings. The third kappa shape index (κ3) is 4.58. The van der Waals surface area contributed by atoms with Gasteiger partial charge in [-0.2, -0.15) is 5.10 Å². The second-order valence-electron chi connectivity index (χ2n) is 5.19. The summed E-state index contributed by atoms with van der Waals surface area (Å²) in [7, 11) is 1.34. The van der Waals surface area contributed by atoms with Crippen LogP contribution in [0.2, 0.25) is 10.0 Å². The molecule has 0 radical (unpaired) electrons. The van der Waals surface area contributed by atoms with E-state index in [0.29, 0.717) is 0 Å². The fourth-order valence-corrected chi connectivity index (χ4v) is 2.50. The standard InChI is InChI=1S/C15H13Cl2F2N3O5/c1-6(15(23)24)26-10-4-11(9(17)3-8(10)16)27-14-7(5-20-25)12(13(18)19)21-22(14)2/h3-6,13,25H,1-2H3,(H,23,24)/t6-/m0/s1. The molecule has 0 amide bonds. The van der Waals surface area contributed by atoms with Gasteiger partial charge in [-0.05, 0) is 13.0 Å². The van der Waals surface area contributed by atoms with E-state index in [4.69, 9.17) is 43.0 Å². The summed E-state index contributed by atoms with van der Waals surface area (Å²) in [5.74, 6) is -1.52. The number of ether oxygens (including phenoxy) is 2. The molecular weight excluding hydrogens is 411 g/mol. The van der Waals surface area contributed by atoms with E-state index in [9.17, 15) is 13.6 Å². The Morgan fingerprint density at radius 1 is 1.33 bits per heavy atom. The number of rotatable bonds is 7. The van der Waals surface area contributed by atoms with Crippen molar-refractivity contribution >= 4 is 35.4 Å². The fourth-order valence-electron chi connectivity index (χ4n) is 2.03. The number of carboxylic acids is 1. The zero-order chi connectivity index (χ0) is 20.3. The van der Waals surface area contributed by atoms with Crippen LogP contribution in [0.25, 0.3) is 0 Å². The maximum absolute atomic E-state index is 13.1. The van der Waals surface area contributed by atoms with E-state index in [1.165, 1.54) is 26.1 Å². The van der Waals surface area contributed by atoms with Crippen molar-refractivity contribution in [2.45, 2.75) is 19.5 Å². The number of carboxylic acid groups (broad SMARTS) is 1. The molecule has 2 N–H and O–H groups in total. The number of oxime groups is 1. The number of carbonyl (C=O) groups is 1. The lowest BCUT2D eigenvalue weighted by molar-refractivity contribution is -0.144. The van der Waals surface area contributed by atoms with Gasteiger partial charge in [0.05, 0.1) is 21.8 Å². The van der Waals surface area contributed by atoms with Gasteiger partial charge in [-0.25, -0.2) is 18.3 Å². The summed E-state index contributed by atoms with van der Waals surface area (Å²) in [5, 5.41) is 24.1.